The number of fused-ring (bicyclic) bond motifs is 1. The minimum absolute atomic E-state index is 0.321. The smallest absolute Gasteiger partial charge is 0.344 e. The lowest BCUT2D eigenvalue weighted by atomic mass is 10.1. The molecule has 0 N–H and O–H groups in total. The van der Waals surface area contributed by atoms with Gasteiger partial charge in [0.15, 0.2) is 0 Å². The van der Waals surface area contributed by atoms with Gasteiger partial charge >= 0.3 is 11.6 Å². The summed E-state index contributed by atoms with van der Waals surface area (Å²) in [6.07, 6.45) is 0. The normalized spacial score (nSPS) is 10.6. The Labute approximate surface area is 149 Å². The molecule has 4 rings (SSSR count). The van der Waals surface area contributed by atoms with E-state index in [0.29, 0.717) is 22.5 Å². The number of esters is 1. The number of carbonyl (C=O) groups is 1. The SMILES string of the molecule is O=C(Oc1ccc2cc(-c3ccccc3)c(=O)oc2c1)c1ccccc1. The van der Waals surface area contributed by atoms with Crippen LogP contribution in [-0.2, 0) is 0 Å². The maximum absolute atomic E-state index is 12.3. The Hall–Kier alpha value is -3.66. The number of carbonyl (C=O) groups excluding carboxylic acids is 1. The van der Waals surface area contributed by atoms with Gasteiger partial charge in [-0.3, -0.25) is 0 Å². The first-order chi connectivity index (χ1) is 12.7. The molecule has 1 heterocycles. The van der Waals surface area contributed by atoms with Crippen LogP contribution < -0.4 is 10.4 Å². The standard InChI is InChI=1S/C22H14O4/c23-21(16-9-5-2-6-10-16)25-18-12-11-17-13-19(15-7-3-1-4-8-15)22(24)26-20(17)14-18/h1-14H. The molecular weight excluding hydrogens is 328 g/mol. The molecule has 0 saturated heterocycles. The second-order valence-corrected chi connectivity index (χ2v) is 5.77. The van der Waals surface area contributed by atoms with Crippen LogP contribution in [0.2, 0.25) is 0 Å². The summed E-state index contributed by atoms with van der Waals surface area (Å²) in [6.45, 7) is 0. The molecule has 4 nitrogen and oxygen atoms in total. The van der Waals surface area contributed by atoms with Crippen LogP contribution in [0.25, 0.3) is 22.1 Å². The van der Waals surface area contributed by atoms with Crippen molar-refractivity contribution in [3.63, 3.8) is 0 Å². The van der Waals surface area contributed by atoms with Gasteiger partial charge in [-0.2, -0.15) is 0 Å². The van der Waals surface area contributed by atoms with Gasteiger partial charge in [0.1, 0.15) is 11.3 Å². The van der Waals surface area contributed by atoms with E-state index in [4.69, 9.17) is 9.15 Å². The number of hydrogen-bond donors (Lipinski definition) is 0. The first-order valence-corrected chi connectivity index (χ1v) is 8.11. The van der Waals surface area contributed by atoms with Crippen molar-refractivity contribution in [2.45, 2.75) is 0 Å². The fraction of sp³-hybridized carbons (Fsp3) is 0. The van der Waals surface area contributed by atoms with Gasteiger partial charge in [0.2, 0.25) is 0 Å². The molecule has 0 saturated carbocycles. The van der Waals surface area contributed by atoms with Crippen LogP contribution >= 0.6 is 0 Å². The first-order valence-electron chi connectivity index (χ1n) is 8.11. The lowest BCUT2D eigenvalue weighted by molar-refractivity contribution is 0.0735. The van der Waals surface area contributed by atoms with Gasteiger partial charge in [-0.25, -0.2) is 9.59 Å². The van der Waals surface area contributed by atoms with E-state index in [-0.39, 0.29) is 0 Å². The van der Waals surface area contributed by atoms with Crippen molar-refractivity contribution in [3.05, 3.63) is 101 Å². The zero-order chi connectivity index (χ0) is 17.9. The summed E-state index contributed by atoms with van der Waals surface area (Å²) < 4.78 is 10.8. The van der Waals surface area contributed by atoms with Crippen molar-refractivity contribution in [2.24, 2.45) is 0 Å². The van der Waals surface area contributed by atoms with Crippen LogP contribution in [-0.4, -0.2) is 5.97 Å². The monoisotopic (exact) mass is 342 g/mol. The molecule has 0 unspecified atom stereocenters. The molecule has 4 heteroatoms. The summed E-state index contributed by atoms with van der Waals surface area (Å²) in [5.74, 6) is -0.143. The summed E-state index contributed by atoms with van der Waals surface area (Å²) in [4.78, 5) is 24.5. The van der Waals surface area contributed by atoms with E-state index >= 15 is 0 Å². The Morgan fingerprint density at radius 2 is 1.50 bits per heavy atom. The third-order valence-electron chi connectivity index (χ3n) is 4.01. The molecule has 0 aliphatic rings. The summed E-state index contributed by atoms with van der Waals surface area (Å²) >= 11 is 0. The van der Waals surface area contributed by atoms with Gasteiger partial charge in [0, 0.05) is 11.5 Å². The minimum Gasteiger partial charge on any atom is -0.423 e. The second kappa shape index (κ2) is 6.69. The highest BCUT2D eigenvalue weighted by Crippen LogP contribution is 2.24. The van der Waals surface area contributed by atoms with E-state index in [2.05, 4.69) is 0 Å². The summed E-state index contributed by atoms with van der Waals surface area (Å²) in [7, 11) is 0. The number of benzene rings is 3. The quantitative estimate of drug-likeness (QED) is 0.308. The van der Waals surface area contributed by atoms with Crippen molar-refractivity contribution in [1.82, 2.24) is 0 Å². The van der Waals surface area contributed by atoms with E-state index in [1.54, 1.807) is 48.5 Å². The summed E-state index contributed by atoms with van der Waals surface area (Å²) in [6, 6.07) is 24.8. The van der Waals surface area contributed by atoms with Gasteiger partial charge in [0.05, 0.1) is 11.1 Å². The predicted molar refractivity (Wildman–Crippen MR) is 99.3 cm³/mol. The van der Waals surface area contributed by atoms with Crippen LogP contribution in [0.5, 0.6) is 5.75 Å². The molecule has 126 valence electrons. The highest BCUT2D eigenvalue weighted by Gasteiger charge is 2.11. The van der Waals surface area contributed by atoms with Gasteiger partial charge in [-0.15, -0.1) is 0 Å². The van der Waals surface area contributed by atoms with Crippen molar-refractivity contribution in [2.75, 3.05) is 0 Å². The summed E-state index contributed by atoms with van der Waals surface area (Å²) in [5, 5.41) is 0.753. The van der Waals surface area contributed by atoms with E-state index in [0.717, 1.165) is 10.9 Å². The van der Waals surface area contributed by atoms with Crippen molar-refractivity contribution in [1.29, 1.82) is 0 Å². The molecule has 0 fully saturated rings. The van der Waals surface area contributed by atoms with Crippen LogP contribution in [0, 0.1) is 0 Å². The highest BCUT2D eigenvalue weighted by molar-refractivity contribution is 5.91. The molecule has 1 aromatic heterocycles. The lowest BCUT2D eigenvalue weighted by Gasteiger charge is -2.06. The average molecular weight is 342 g/mol. The third kappa shape index (κ3) is 3.13. The van der Waals surface area contributed by atoms with Gasteiger partial charge in [0.25, 0.3) is 0 Å². The Balaban J connectivity index is 1.68. The number of rotatable bonds is 3. The average Bonchev–Trinajstić information content (AvgIpc) is 2.69. The molecule has 0 aliphatic carbocycles. The molecular formula is C22H14O4. The Morgan fingerprint density at radius 3 is 2.23 bits per heavy atom. The van der Waals surface area contributed by atoms with Crippen LogP contribution in [0.3, 0.4) is 0 Å². The Kier molecular flexibility index (Phi) is 4.07. The molecule has 4 aromatic rings. The van der Waals surface area contributed by atoms with E-state index in [1.165, 1.54) is 0 Å². The fourth-order valence-electron chi connectivity index (χ4n) is 2.71. The van der Waals surface area contributed by atoms with Crippen molar-refractivity contribution >= 4 is 16.9 Å². The minimum atomic E-state index is -0.465. The molecule has 0 amide bonds. The molecule has 0 spiro atoms. The zero-order valence-corrected chi connectivity index (χ0v) is 13.7. The zero-order valence-electron chi connectivity index (χ0n) is 13.7. The van der Waals surface area contributed by atoms with E-state index in [1.807, 2.05) is 36.4 Å². The third-order valence-corrected chi connectivity index (χ3v) is 4.01. The van der Waals surface area contributed by atoms with Crippen molar-refractivity contribution < 1.29 is 13.9 Å². The van der Waals surface area contributed by atoms with E-state index in [9.17, 15) is 9.59 Å². The summed E-state index contributed by atoms with van der Waals surface area (Å²) in [5.41, 5.74) is 1.67. The fourth-order valence-corrected chi connectivity index (χ4v) is 2.71. The number of hydrogen-bond acceptors (Lipinski definition) is 4. The first kappa shape index (κ1) is 15.8. The largest absolute Gasteiger partial charge is 0.423 e. The predicted octanol–water partition coefficient (Wildman–Crippen LogP) is 4.68. The Bertz CT molecular complexity index is 1130. The molecule has 0 aliphatic heterocycles. The lowest BCUT2D eigenvalue weighted by Crippen LogP contribution is -2.08. The van der Waals surface area contributed by atoms with Crippen LogP contribution in [0.15, 0.2) is 94.1 Å². The van der Waals surface area contributed by atoms with Crippen molar-refractivity contribution in [3.8, 4) is 16.9 Å². The van der Waals surface area contributed by atoms with Gasteiger partial charge in [-0.05, 0) is 35.9 Å². The topological polar surface area (TPSA) is 56.5 Å². The van der Waals surface area contributed by atoms with Gasteiger partial charge in [-0.1, -0.05) is 48.5 Å². The van der Waals surface area contributed by atoms with Crippen LogP contribution in [0.4, 0.5) is 0 Å². The maximum atomic E-state index is 12.3. The highest BCUT2D eigenvalue weighted by atomic mass is 16.5. The molecule has 0 radical (unpaired) electrons. The van der Waals surface area contributed by atoms with Crippen LogP contribution in [0.1, 0.15) is 10.4 Å². The van der Waals surface area contributed by atoms with E-state index < -0.39 is 11.6 Å². The molecule has 0 bridgehead atoms. The maximum Gasteiger partial charge on any atom is 0.344 e. The molecule has 0 atom stereocenters. The molecule has 26 heavy (non-hydrogen) atoms. The Morgan fingerprint density at radius 1 is 0.808 bits per heavy atom. The molecule has 3 aromatic carbocycles. The second-order valence-electron chi connectivity index (χ2n) is 5.77. The van der Waals surface area contributed by atoms with Gasteiger partial charge < -0.3 is 9.15 Å². The number of ether oxygens (including phenoxy) is 1.